The lowest BCUT2D eigenvalue weighted by atomic mass is 10.0. The Labute approximate surface area is 111 Å². The normalized spacial score (nSPS) is 15.3. The highest BCUT2D eigenvalue weighted by molar-refractivity contribution is 5.33. The van der Waals surface area contributed by atoms with Crippen LogP contribution < -0.4 is 5.32 Å². The molecule has 0 radical (unpaired) electrons. The number of benzene rings is 1. The summed E-state index contributed by atoms with van der Waals surface area (Å²) in [5.74, 6) is 0.853. The van der Waals surface area contributed by atoms with Crippen LogP contribution in [0.25, 0.3) is 0 Å². The third-order valence-corrected chi connectivity index (χ3v) is 3.89. The Hall–Kier alpha value is -0.860. The number of likely N-dealkylation sites (N-methyl/N-ethyl adjacent to an activating group) is 1. The predicted octanol–water partition coefficient (Wildman–Crippen LogP) is 3.00. The van der Waals surface area contributed by atoms with Crippen molar-refractivity contribution in [1.29, 1.82) is 0 Å². The second-order valence-electron chi connectivity index (χ2n) is 5.18. The molecular formula is C16H26N2. The van der Waals surface area contributed by atoms with Crippen molar-refractivity contribution in [2.24, 2.45) is 0 Å². The Morgan fingerprint density at radius 1 is 1.17 bits per heavy atom. The molecule has 0 aromatic heterocycles. The Bertz CT molecular complexity index is 354. The molecule has 0 bridgehead atoms. The number of hydrogen-bond donors (Lipinski definition) is 1. The van der Waals surface area contributed by atoms with Crippen LogP contribution in [-0.4, -0.2) is 31.1 Å². The van der Waals surface area contributed by atoms with Gasteiger partial charge in [0.25, 0.3) is 0 Å². The van der Waals surface area contributed by atoms with Gasteiger partial charge in [0.15, 0.2) is 0 Å². The van der Waals surface area contributed by atoms with Crippen molar-refractivity contribution in [3.05, 3.63) is 35.4 Å². The summed E-state index contributed by atoms with van der Waals surface area (Å²) in [5, 5.41) is 3.58. The molecule has 2 rings (SSSR count). The second kappa shape index (κ2) is 6.91. The first-order valence-corrected chi connectivity index (χ1v) is 7.36. The van der Waals surface area contributed by atoms with E-state index in [4.69, 9.17) is 0 Å². The fourth-order valence-electron chi connectivity index (χ4n) is 2.49. The highest BCUT2D eigenvalue weighted by Crippen LogP contribution is 2.41. The molecule has 100 valence electrons. The Morgan fingerprint density at radius 3 is 2.56 bits per heavy atom. The van der Waals surface area contributed by atoms with Crippen molar-refractivity contribution >= 4 is 0 Å². The summed E-state index contributed by atoms with van der Waals surface area (Å²) < 4.78 is 0. The summed E-state index contributed by atoms with van der Waals surface area (Å²) in [6.45, 7) is 10.0. The summed E-state index contributed by atoms with van der Waals surface area (Å²) >= 11 is 0. The van der Waals surface area contributed by atoms with Crippen LogP contribution in [0.5, 0.6) is 0 Å². The van der Waals surface area contributed by atoms with Gasteiger partial charge in [0.1, 0.15) is 0 Å². The maximum absolute atomic E-state index is 3.58. The molecule has 1 aromatic rings. The topological polar surface area (TPSA) is 15.3 Å². The third-order valence-electron chi connectivity index (χ3n) is 3.89. The Kier molecular flexibility index (Phi) is 5.21. The van der Waals surface area contributed by atoms with Crippen LogP contribution in [0, 0.1) is 0 Å². The van der Waals surface area contributed by atoms with Crippen LogP contribution in [0.4, 0.5) is 0 Å². The molecule has 1 aromatic carbocycles. The molecule has 0 atom stereocenters. The fourth-order valence-corrected chi connectivity index (χ4v) is 2.49. The molecule has 1 fully saturated rings. The average Bonchev–Trinajstić information content (AvgIpc) is 3.24. The van der Waals surface area contributed by atoms with Gasteiger partial charge in [0.05, 0.1) is 0 Å². The standard InChI is InChI=1S/C16H26N2/c1-3-18(4-2)12-11-17-13-15-7-5-6-8-16(15)14-9-10-14/h5-8,14,17H,3-4,9-13H2,1-2H3. The molecule has 2 nitrogen and oxygen atoms in total. The second-order valence-corrected chi connectivity index (χ2v) is 5.18. The van der Waals surface area contributed by atoms with Gasteiger partial charge in [-0.25, -0.2) is 0 Å². The Balaban J connectivity index is 1.76. The van der Waals surface area contributed by atoms with Crippen LogP contribution in [0.15, 0.2) is 24.3 Å². The third kappa shape index (κ3) is 3.82. The lowest BCUT2D eigenvalue weighted by Crippen LogP contribution is -2.31. The summed E-state index contributed by atoms with van der Waals surface area (Å²) in [4.78, 5) is 2.46. The van der Waals surface area contributed by atoms with Gasteiger partial charge in [0, 0.05) is 19.6 Å². The quantitative estimate of drug-likeness (QED) is 0.709. The number of hydrogen-bond acceptors (Lipinski definition) is 2. The van der Waals surface area contributed by atoms with Crippen LogP contribution in [0.1, 0.15) is 43.7 Å². The van der Waals surface area contributed by atoms with Crippen molar-refractivity contribution in [2.75, 3.05) is 26.2 Å². The predicted molar refractivity (Wildman–Crippen MR) is 77.9 cm³/mol. The fraction of sp³-hybridized carbons (Fsp3) is 0.625. The van der Waals surface area contributed by atoms with E-state index in [2.05, 4.69) is 48.3 Å². The largest absolute Gasteiger partial charge is 0.311 e. The monoisotopic (exact) mass is 246 g/mol. The van der Waals surface area contributed by atoms with Gasteiger partial charge >= 0.3 is 0 Å². The van der Waals surface area contributed by atoms with E-state index >= 15 is 0 Å². The van der Waals surface area contributed by atoms with Gasteiger partial charge in [-0.15, -0.1) is 0 Å². The summed E-state index contributed by atoms with van der Waals surface area (Å²) in [6.07, 6.45) is 2.77. The first-order chi connectivity index (χ1) is 8.85. The summed E-state index contributed by atoms with van der Waals surface area (Å²) in [6, 6.07) is 8.91. The molecule has 1 aliphatic carbocycles. The number of rotatable bonds is 8. The van der Waals surface area contributed by atoms with Crippen LogP contribution >= 0.6 is 0 Å². The minimum atomic E-state index is 0.853. The van der Waals surface area contributed by atoms with Gasteiger partial charge in [-0.05, 0) is 43.0 Å². The molecule has 0 heterocycles. The Morgan fingerprint density at radius 2 is 1.89 bits per heavy atom. The first kappa shape index (κ1) is 13.6. The van der Waals surface area contributed by atoms with E-state index in [-0.39, 0.29) is 0 Å². The minimum absolute atomic E-state index is 0.853. The SMILES string of the molecule is CCN(CC)CCNCc1ccccc1C1CC1. The average molecular weight is 246 g/mol. The van der Waals surface area contributed by atoms with Crippen molar-refractivity contribution in [3.63, 3.8) is 0 Å². The van der Waals surface area contributed by atoms with Gasteiger partial charge in [-0.1, -0.05) is 38.1 Å². The van der Waals surface area contributed by atoms with E-state index in [0.717, 1.165) is 38.6 Å². The minimum Gasteiger partial charge on any atom is -0.311 e. The molecule has 2 heteroatoms. The lowest BCUT2D eigenvalue weighted by molar-refractivity contribution is 0.302. The molecule has 1 saturated carbocycles. The van der Waals surface area contributed by atoms with Crippen LogP contribution in [-0.2, 0) is 6.54 Å². The van der Waals surface area contributed by atoms with E-state index in [1.165, 1.54) is 18.4 Å². The maximum atomic E-state index is 3.58. The van der Waals surface area contributed by atoms with Gasteiger partial charge < -0.3 is 10.2 Å². The van der Waals surface area contributed by atoms with Gasteiger partial charge in [-0.2, -0.15) is 0 Å². The number of nitrogens with zero attached hydrogens (tertiary/aromatic N) is 1. The highest BCUT2D eigenvalue weighted by Gasteiger charge is 2.25. The molecule has 1 N–H and O–H groups in total. The van der Waals surface area contributed by atoms with E-state index in [1.54, 1.807) is 5.56 Å². The van der Waals surface area contributed by atoms with E-state index < -0.39 is 0 Å². The molecule has 0 amide bonds. The zero-order valence-corrected chi connectivity index (χ0v) is 11.8. The molecule has 1 aliphatic rings. The van der Waals surface area contributed by atoms with E-state index in [9.17, 15) is 0 Å². The van der Waals surface area contributed by atoms with Crippen molar-refractivity contribution in [2.45, 2.75) is 39.2 Å². The van der Waals surface area contributed by atoms with Crippen molar-refractivity contribution in [3.8, 4) is 0 Å². The van der Waals surface area contributed by atoms with E-state index in [0.29, 0.717) is 0 Å². The molecule has 0 saturated heterocycles. The summed E-state index contributed by atoms with van der Waals surface area (Å²) in [7, 11) is 0. The molecule has 18 heavy (non-hydrogen) atoms. The smallest absolute Gasteiger partial charge is 0.0208 e. The summed E-state index contributed by atoms with van der Waals surface area (Å²) in [5.41, 5.74) is 3.08. The van der Waals surface area contributed by atoms with E-state index in [1.807, 2.05) is 0 Å². The molecule has 0 unspecified atom stereocenters. The number of nitrogens with one attached hydrogen (secondary N) is 1. The van der Waals surface area contributed by atoms with Gasteiger partial charge in [-0.3, -0.25) is 0 Å². The molecule has 0 aliphatic heterocycles. The molecule has 0 spiro atoms. The van der Waals surface area contributed by atoms with Crippen LogP contribution in [0.2, 0.25) is 0 Å². The first-order valence-electron chi connectivity index (χ1n) is 7.36. The zero-order valence-electron chi connectivity index (χ0n) is 11.8. The molecular weight excluding hydrogens is 220 g/mol. The lowest BCUT2D eigenvalue weighted by Gasteiger charge is -2.18. The maximum Gasteiger partial charge on any atom is 0.0208 e. The van der Waals surface area contributed by atoms with Gasteiger partial charge in [0.2, 0.25) is 0 Å². The van der Waals surface area contributed by atoms with Crippen molar-refractivity contribution in [1.82, 2.24) is 10.2 Å². The van der Waals surface area contributed by atoms with Crippen LogP contribution in [0.3, 0.4) is 0 Å². The zero-order chi connectivity index (χ0) is 12.8. The highest BCUT2D eigenvalue weighted by atomic mass is 15.1. The van der Waals surface area contributed by atoms with Crippen molar-refractivity contribution < 1.29 is 0 Å².